The summed E-state index contributed by atoms with van der Waals surface area (Å²) in [5.74, 6) is -2.45. The van der Waals surface area contributed by atoms with Gasteiger partial charge in [0.15, 0.2) is 0 Å². The van der Waals surface area contributed by atoms with Gasteiger partial charge in [-0.1, -0.05) is 0 Å². The first kappa shape index (κ1) is 15.9. The van der Waals surface area contributed by atoms with Gasteiger partial charge in [-0.15, -0.1) is 0 Å². The van der Waals surface area contributed by atoms with Crippen LogP contribution in [0.3, 0.4) is 0 Å². The van der Waals surface area contributed by atoms with E-state index in [1.165, 1.54) is 0 Å². The van der Waals surface area contributed by atoms with Gasteiger partial charge in [0.05, 0.1) is 19.3 Å². The molecule has 6 heteroatoms. The maximum Gasteiger partial charge on any atom is 0.373 e. The Morgan fingerprint density at radius 1 is 1.21 bits per heavy atom. The van der Waals surface area contributed by atoms with E-state index in [4.69, 9.17) is 5.11 Å². The largest absolute Gasteiger partial charge is 0.502 e. The molecule has 0 saturated carbocycles. The van der Waals surface area contributed by atoms with Crippen molar-refractivity contribution in [3.63, 3.8) is 0 Å². The van der Waals surface area contributed by atoms with Crippen molar-refractivity contribution in [2.24, 2.45) is 0 Å². The van der Waals surface area contributed by atoms with Gasteiger partial charge in [0.2, 0.25) is 5.76 Å². The molecule has 0 rings (SSSR count). The molecule has 0 aliphatic heterocycles. The minimum atomic E-state index is -0.935. The normalized spacial score (nSPS) is 10.0. The van der Waals surface area contributed by atoms with E-state index in [-0.39, 0.29) is 42.8 Å². The van der Waals surface area contributed by atoms with Crippen molar-refractivity contribution < 1.29 is 24.2 Å². The van der Waals surface area contributed by atoms with Crippen molar-refractivity contribution in [1.82, 2.24) is 0 Å². The molecule has 14 heavy (non-hydrogen) atoms. The summed E-state index contributed by atoms with van der Waals surface area (Å²) in [4.78, 5) is 21.4. The Bertz CT molecular complexity index is 224. The van der Waals surface area contributed by atoms with Crippen LogP contribution in [0.5, 0.6) is 0 Å². The second-order valence-electron chi connectivity index (χ2n) is 2.00. The number of hydrogen-bond acceptors (Lipinski definition) is 5. The van der Waals surface area contributed by atoms with Gasteiger partial charge in [0, 0.05) is 29.6 Å². The van der Waals surface area contributed by atoms with Crippen LogP contribution in [-0.2, 0) is 19.1 Å². The Kier molecular flexibility index (Phi) is 10.3. The molecule has 0 aliphatic rings. The molecule has 5 nitrogen and oxygen atoms in total. The molecular weight excluding hydrogens is 199 g/mol. The molecule has 0 bridgehead atoms. The number of aliphatic hydroxyl groups excluding tert-OH is 1. The minimum absolute atomic E-state index is 0. The monoisotopic (exact) mass is 211 g/mol. The first-order chi connectivity index (χ1) is 6.11. The summed E-state index contributed by atoms with van der Waals surface area (Å²) in [7, 11) is 0. The second kappa shape index (κ2) is 9.05. The molecule has 0 spiro atoms. The Morgan fingerprint density at radius 2 is 1.71 bits per heavy atom. The summed E-state index contributed by atoms with van der Waals surface area (Å²) in [6.07, 6.45) is 0.682. The van der Waals surface area contributed by atoms with Crippen LogP contribution >= 0.6 is 0 Å². The Balaban J connectivity index is 0. The molecule has 0 saturated heterocycles. The maximum absolute atomic E-state index is 10.7. The molecule has 0 heterocycles. The fraction of sp³-hybridized carbons (Fsp3) is 0.500. The molecule has 0 aliphatic carbocycles. The van der Waals surface area contributed by atoms with Gasteiger partial charge in [0.25, 0.3) is 0 Å². The molecule has 0 aromatic heterocycles. The van der Waals surface area contributed by atoms with Crippen LogP contribution in [0.25, 0.3) is 0 Å². The third kappa shape index (κ3) is 6.94. The van der Waals surface area contributed by atoms with Crippen LogP contribution < -0.4 is 0 Å². The standard InChI is InChI=1S/C8H12O5.Na/c1-3-12-7(10)5-6(9)8(11)13-4-2;/h5,9H,3-4H2,1-2H3;/b6-5-;. The average Bonchev–Trinajstić information content (AvgIpc) is 2.05. The molecule has 0 aromatic rings. The summed E-state index contributed by atoms with van der Waals surface area (Å²) in [5, 5.41) is 8.93. The summed E-state index contributed by atoms with van der Waals surface area (Å²) < 4.78 is 8.88. The van der Waals surface area contributed by atoms with Gasteiger partial charge < -0.3 is 14.6 Å². The number of ether oxygens (including phenoxy) is 2. The topological polar surface area (TPSA) is 72.8 Å². The number of aliphatic hydroxyl groups is 1. The third-order valence-corrected chi connectivity index (χ3v) is 1.03. The molecule has 1 radical (unpaired) electrons. The molecule has 0 unspecified atom stereocenters. The van der Waals surface area contributed by atoms with Crippen LogP contribution in [0.2, 0.25) is 0 Å². The molecular formula is C8H12NaO5. The van der Waals surface area contributed by atoms with Crippen molar-refractivity contribution in [3.05, 3.63) is 11.8 Å². The first-order valence-electron chi connectivity index (χ1n) is 3.86. The van der Waals surface area contributed by atoms with E-state index in [2.05, 4.69) is 9.47 Å². The fourth-order valence-electron chi connectivity index (χ4n) is 0.560. The molecule has 0 amide bonds. The van der Waals surface area contributed by atoms with Crippen LogP contribution in [0.1, 0.15) is 13.8 Å². The SMILES string of the molecule is CCOC(=O)/C=C(\O)C(=O)OCC.[Na]. The number of rotatable bonds is 4. The van der Waals surface area contributed by atoms with E-state index in [0.29, 0.717) is 6.08 Å². The summed E-state index contributed by atoms with van der Waals surface area (Å²) in [6.45, 7) is 3.54. The Labute approximate surface area is 104 Å². The quantitative estimate of drug-likeness (QED) is 0.310. The van der Waals surface area contributed by atoms with Crippen molar-refractivity contribution in [1.29, 1.82) is 0 Å². The van der Waals surface area contributed by atoms with Gasteiger partial charge in [0.1, 0.15) is 0 Å². The first-order valence-corrected chi connectivity index (χ1v) is 3.86. The van der Waals surface area contributed by atoms with Gasteiger partial charge >= 0.3 is 11.9 Å². The average molecular weight is 211 g/mol. The summed E-state index contributed by atoms with van der Waals surface area (Å²) >= 11 is 0. The number of esters is 2. The predicted molar refractivity (Wildman–Crippen MR) is 49.7 cm³/mol. The Morgan fingerprint density at radius 3 is 2.14 bits per heavy atom. The van der Waals surface area contributed by atoms with Crippen LogP contribution in [0, 0.1) is 0 Å². The van der Waals surface area contributed by atoms with Crippen LogP contribution in [0.4, 0.5) is 0 Å². The Hall–Kier alpha value is -0.520. The van der Waals surface area contributed by atoms with Crippen molar-refractivity contribution in [2.45, 2.75) is 13.8 Å². The van der Waals surface area contributed by atoms with E-state index < -0.39 is 17.7 Å². The van der Waals surface area contributed by atoms with Gasteiger partial charge in [-0.3, -0.25) is 0 Å². The smallest absolute Gasteiger partial charge is 0.373 e. The van der Waals surface area contributed by atoms with Gasteiger partial charge in [-0.25, -0.2) is 9.59 Å². The molecule has 1 N–H and O–H groups in total. The van der Waals surface area contributed by atoms with Crippen molar-refractivity contribution >= 4 is 41.5 Å². The zero-order valence-electron chi connectivity index (χ0n) is 8.57. The molecule has 75 valence electrons. The van der Waals surface area contributed by atoms with E-state index in [0.717, 1.165) is 0 Å². The zero-order valence-corrected chi connectivity index (χ0v) is 10.6. The molecule has 0 fully saturated rings. The number of hydrogen-bond donors (Lipinski definition) is 1. The van der Waals surface area contributed by atoms with Crippen LogP contribution in [0.15, 0.2) is 11.8 Å². The van der Waals surface area contributed by atoms with Crippen LogP contribution in [-0.4, -0.2) is 59.8 Å². The van der Waals surface area contributed by atoms with Crippen molar-refractivity contribution in [2.75, 3.05) is 13.2 Å². The fourth-order valence-corrected chi connectivity index (χ4v) is 0.560. The number of carbonyl (C=O) groups excluding carboxylic acids is 2. The van der Waals surface area contributed by atoms with E-state index in [1.807, 2.05) is 0 Å². The third-order valence-electron chi connectivity index (χ3n) is 1.03. The summed E-state index contributed by atoms with van der Waals surface area (Å²) in [5.41, 5.74) is 0. The minimum Gasteiger partial charge on any atom is -0.502 e. The van der Waals surface area contributed by atoms with Crippen molar-refractivity contribution in [3.8, 4) is 0 Å². The van der Waals surface area contributed by atoms with E-state index >= 15 is 0 Å². The van der Waals surface area contributed by atoms with Gasteiger partial charge in [-0.05, 0) is 13.8 Å². The predicted octanol–water partition coefficient (Wildman–Crippen LogP) is 0.174. The van der Waals surface area contributed by atoms with E-state index in [9.17, 15) is 9.59 Å². The molecule has 0 aromatic carbocycles. The summed E-state index contributed by atoms with van der Waals surface area (Å²) in [6, 6.07) is 0. The maximum atomic E-state index is 10.7. The van der Waals surface area contributed by atoms with Gasteiger partial charge in [-0.2, -0.15) is 0 Å². The zero-order chi connectivity index (χ0) is 10.3. The second-order valence-corrected chi connectivity index (χ2v) is 2.00. The van der Waals surface area contributed by atoms with E-state index in [1.54, 1.807) is 13.8 Å². The number of carbonyl (C=O) groups is 2. The molecule has 0 atom stereocenters.